The molecule has 1 N–H and O–H groups in total. The van der Waals surface area contributed by atoms with Crippen LogP contribution in [0.15, 0.2) is 0 Å². The number of hydrogen-bond acceptors (Lipinski definition) is 4. The Bertz CT molecular complexity index is 337. The zero-order valence-corrected chi connectivity index (χ0v) is 11.2. The van der Waals surface area contributed by atoms with E-state index in [2.05, 4.69) is 0 Å². The Morgan fingerprint density at radius 2 is 1.94 bits per heavy atom. The third-order valence-corrected chi connectivity index (χ3v) is 3.22. The number of hydrogen-bond donors (Lipinski definition) is 1. The molecule has 1 aliphatic rings. The van der Waals surface area contributed by atoms with Crippen LogP contribution in [0.1, 0.15) is 13.8 Å². The molecule has 7 heteroatoms. The van der Waals surface area contributed by atoms with E-state index in [0.717, 1.165) is 4.90 Å². The maximum atomic E-state index is 11.9. The highest BCUT2D eigenvalue weighted by Crippen LogP contribution is 2.15. The summed E-state index contributed by atoms with van der Waals surface area (Å²) in [5.74, 6) is -0.230. The van der Waals surface area contributed by atoms with Crippen molar-refractivity contribution < 1.29 is 14.7 Å². The van der Waals surface area contributed by atoms with Gasteiger partial charge in [-0.3, -0.25) is 14.6 Å². The van der Waals surface area contributed by atoms with E-state index in [1.807, 2.05) is 0 Å². The van der Waals surface area contributed by atoms with Crippen molar-refractivity contribution >= 4 is 29.1 Å². The lowest BCUT2D eigenvalue weighted by Gasteiger charge is -2.43. The Kier molecular flexibility index (Phi) is 4.05. The molecule has 2 amide bonds. The number of thiocarbonyl (C=S) groups is 1. The molecule has 0 aliphatic carbocycles. The number of Topliss-reactive ketones (excluding diaryl/α,β-unsaturated/α-hetero) is 1. The summed E-state index contributed by atoms with van der Waals surface area (Å²) in [6.45, 7) is 3.47. The van der Waals surface area contributed by atoms with Crippen LogP contribution in [0.5, 0.6) is 0 Å². The molecule has 1 rings (SSSR count). The summed E-state index contributed by atoms with van der Waals surface area (Å²) >= 11 is 5.05. The molecule has 1 fully saturated rings. The first-order chi connectivity index (χ1) is 7.77. The number of aliphatic hydroxyl groups excluding tert-OH is 1. The van der Waals surface area contributed by atoms with Crippen LogP contribution in [0.3, 0.4) is 0 Å². The van der Waals surface area contributed by atoms with Gasteiger partial charge in [0.2, 0.25) is 6.35 Å². The third kappa shape index (κ3) is 2.55. The van der Waals surface area contributed by atoms with Crippen molar-refractivity contribution in [3.05, 3.63) is 0 Å². The van der Waals surface area contributed by atoms with E-state index in [-0.39, 0.29) is 23.4 Å². The van der Waals surface area contributed by atoms with Gasteiger partial charge in [-0.25, -0.2) is 4.79 Å². The van der Waals surface area contributed by atoms with Gasteiger partial charge >= 0.3 is 6.03 Å². The van der Waals surface area contributed by atoms with Crippen LogP contribution < -0.4 is 0 Å². The van der Waals surface area contributed by atoms with Gasteiger partial charge < -0.3 is 10.0 Å². The van der Waals surface area contributed by atoms with Crippen LogP contribution in [0.4, 0.5) is 4.79 Å². The number of ketones is 1. The lowest BCUT2D eigenvalue weighted by atomic mass is 10.1. The second-order valence-electron chi connectivity index (χ2n) is 4.34. The predicted octanol–water partition coefficient (Wildman–Crippen LogP) is 0.0715. The van der Waals surface area contributed by atoms with Crippen molar-refractivity contribution in [2.24, 2.45) is 5.92 Å². The molecular formula is C10H17N3O3S. The number of rotatable bonds is 3. The number of aliphatic hydroxyl groups is 1. The minimum absolute atomic E-state index is 0.0588. The van der Waals surface area contributed by atoms with Crippen molar-refractivity contribution in [3.63, 3.8) is 0 Å². The van der Waals surface area contributed by atoms with E-state index in [1.165, 1.54) is 16.8 Å². The highest BCUT2D eigenvalue weighted by Gasteiger charge is 2.37. The van der Waals surface area contributed by atoms with Crippen LogP contribution in [0.25, 0.3) is 0 Å². The molecule has 1 saturated heterocycles. The van der Waals surface area contributed by atoms with Gasteiger partial charge in [0.1, 0.15) is 0 Å². The van der Waals surface area contributed by atoms with Gasteiger partial charge in [-0.05, 0) is 12.2 Å². The second-order valence-corrected chi connectivity index (χ2v) is 4.71. The van der Waals surface area contributed by atoms with Gasteiger partial charge in [0, 0.05) is 20.0 Å². The molecule has 0 aromatic carbocycles. The molecule has 0 spiro atoms. The summed E-state index contributed by atoms with van der Waals surface area (Å²) < 4.78 is 0. The molecule has 1 aliphatic heterocycles. The van der Waals surface area contributed by atoms with Crippen molar-refractivity contribution in [3.8, 4) is 0 Å². The molecule has 17 heavy (non-hydrogen) atoms. The van der Waals surface area contributed by atoms with Crippen LogP contribution in [-0.4, -0.2) is 63.7 Å². The number of carbonyl (C=O) groups excluding carboxylic acids is 2. The molecule has 1 atom stereocenters. The minimum atomic E-state index is -1.08. The Morgan fingerprint density at radius 3 is 2.41 bits per heavy atom. The van der Waals surface area contributed by atoms with Gasteiger partial charge in [-0.2, -0.15) is 0 Å². The largest absolute Gasteiger partial charge is 0.356 e. The van der Waals surface area contributed by atoms with Gasteiger partial charge in [0.05, 0.1) is 6.54 Å². The zero-order valence-electron chi connectivity index (χ0n) is 10.4. The van der Waals surface area contributed by atoms with Crippen molar-refractivity contribution in [2.45, 2.75) is 20.2 Å². The molecule has 0 aromatic rings. The fourth-order valence-electron chi connectivity index (χ4n) is 1.39. The van der Waals surface area contributed by atoms with Crippen LogP contribution in [0, 0.1) is 5.92 Å². The Labute approximate surface area is 106 Å². The smallest absolute Gasteiger partial charge is 0.329 e. The van der Waals surface area contributed by atoms with E-state index >= 15 is 0 Å². The Morgan fingerprint density at radius 1 is 1.41 bits per heavy atom. The average molecular weight is 259 g/mol. The van der Waals surface area contributed by atoms with Crippen LogP contribution in [0.2, 0.25) is 0 Å². The third-order valence-electron chi connectivity index (χ3n) is 2.72. The first-order valence-corrected chi connectivity index (χ1v) is 5.70. The monoisotopic (exact) mass is 259 g/mol. The molecule has 0 saturated carbocycles. The molecule has 6 nitrogen and oxygen atoms in total. The average Bonchev–Trinajstić information content (AvgIpc) is 2.29. The molecule has 1 unspecified atom stereocenters. The number of urea groups is 1. The van der Waals surface area contributed by atoms with Gasteiger partial charge in [0.25, 0.3) is 0 Å². The second kappa shape index (κ2) is 4.97. The maximum absolute atomic E-state index is 11.9. The number of amides is 2. The highest BCUT2D eigenvalue weighted by atomic mass is 32.1. The fourth-order valence-corrected chi connectivity index (χ4v) is 1.63. The fraction of sp³-hybridized carbons (Fsp3) is 0.700. The van der Waals surface area contributed by atoms with E-state index in [0.29, 0.717) is 0 Å². The molecule has 96 valence electrons. The maximum Gasteiger partial charge on any atom is 0.329 e. The molecule has 0 aromatic heterocycles. The molecular weight excluding hydrogens is 242 g/mol. The molecule has 0 radical (unpaired) electrons. The van der Waals surface area contributed by atoms with E-state index in [4.69, 9.17) is 12.2 Å². The lowest BCUT2D eigenvalue weighted by Crippen LogP contribution is -2.64. The van der Waals surface area contributed by atoms with Gasteiger partial charge in [0.15, 0.2) is 10.9 Å². The first-order valence-electron chi connectivity index (χ1n) is 5.29. The van der Waals surface area contributed by atoms with E-state index < -0.39 is 12.4 Å². The quantitative estimate of drug-likeness (QED) is 0.727. The zero-order chi connectivity index (χ0) is 13.3. The standard InChI is InChI=1S/C10H17N3O3S/c1-6(2)7(14)5-13-9(16)11(3)8(15)12(4)10(13)17/h6,8,15H,5H2,1-4H3. The summed E-state index contributed by atoms with van der Waals surface area (Å²) in [5, 5.41) is 9.84. The summed E-state index contributed by atoms with van der Waals surface area (Å²) in [5.41, 5.74) is 0. The molecule has 0 bridgehead atoms. The summed E-state index contributed by atoms with van der Waals surface area (Å²) in [4.78, 5) is 27.2. The van der Waals surface area contributed by atoms with Crippen LogP contribution >= 0.6 is 12.2 Å². The highest BCUT2D eigenvalue weighted by molar-refractivity contribution is 7.80. The Balaban J connectivity index is 2.87. The number of nitrogens with zero attached hydrogens (tertiary/aromatic N) is 3. The van der Waals surface area contributed by atoms with Crippen LogP contribution in [-0.2, 0) is 4.79 Å². The SMILES string of the molecule is CC(C)C(=O)CN1C(=O)N(C)C(O)N(C)C1=S. The van der Waals surface area contributed by atoms with Gasteiger partial charge in [-0.15, -0.1) is 0 Å². The summed E-state index contributed by atoms with van der Waals surface area (Å²) in [7, 11) is 3.03. The topological polar surface area (TPSA) is 64.1 Å². The minimum Gasteiger partial charge on any atom is -0.356 e. The van der Waals surface area contributed by atoms with Crippen molar-refractivity contribution in [1.82, 2.24) is 14.7 Å². The summed E-state index contributed by atoms with van der Waals surface area (Å²) in [6, 6.07) is -0.463. The van der Waals surface area contributed by atoms with E-state index in [1.54, 1.807) is 20.9 Å². The lowest BCUT2D eigenvalue weighted by molar-refractivity contribution is -0.123. The van der Waals surface area contributed by atoms with E-state index in [9.17, 15) is 14.7 Å². The van der Waals surface area contributed by atoms with Crippen molar-refractivity contribution in [1.29, 1.82) is 0 Å². The molecule has 1 heterocycles. The Hall–Kier alpha value is -1.21. The first kappa shape index (κ1) is 13.9. The predicted molar refractivity (Wildman–Crippen MR) is 66.1 cm³/mol. The normalized spacial score (nSPS) is 21.5. The van der Waals surface area contributed by atoms with Crippen molar-refractivity contribution in [2.75, 3.05) is 20.6 Å². The van der Waals surface area contributed by atoms with Gasteiger partial charge in [-0.1, -0.05) is 13.8 Å². The number of carbonyl (C=O) groups is 2. The summed E-state index contributed by atoms with van der Waals surface area (Å²) in [6.07, 6.45) is -1.08.